The van der Waals surface area contributed by atoms with Crippen molar-refractivity contribution in [3.05, 3.63) is 24.3 Å². The minimum Gasteiger partial charge on any atom is -0.393 e. The Morgan fingerprint density at radius 1 is 1.21 bits per heavy atom. The molecule has 1 aromatic carbocycles. The quantitative estimate of drug-likeness (QED) is 0.676. The van der Waals surface area contributed by atoms with Gasteiger partial charge in [0.2, 0.25) is 0 Å². The number of nitrogens with zero attached hydrogens (tertiary/aromatic N) is 1. The first-order valence-electron chi connectivity index (χ1n) is 8.74. The number of carbonyl (C=O) groups excluding carboxylic acids is 1. The minimum absolute atomic E-state index is 0.145. The summed E-state index contributed by atoms with van der Waals surface area (Å²) in [5.74, 6) is 0. The van der Waals surface area contributed by atoms with Gasteiger partial charge in [-0.1, -0.05) is 13.8 Å². The lowest BCUT2D eigenvalue weighted by molar-refractivity contribution is 0.129. The number of aliphatic hydroxyl groups is 1. The van der Waals surface area contributed by atoms with Crippen LogP contribution in [-0.2, 0) is 0 Å². The highest BCUT2D eigenvalue weighted by atomic mass is 16.3. The summed E-state index contributed by atoms with van der Waals surface area (Å²) in [6.07, 6.45) is 0.268. The minimum atomic E-state index is -0.375. The first kappa shape index (κ1) is 20.3. The van der Waals surface area contributed by atoms with E-state index in [4.69, 9.17) is 0 Å². The Bertz CT molecular complexity index is 510. The molecule has 0 heterocycles. The van der Waals surface area contributed by atoms with E-state index in [9.17, 15) is 9.90 Å². The predicted octanol–water partition coefficient (Wildman–Crippen LogP) is 3.84. The average molecular weight is 335 g/mol. The summed E-state index contributed by atoms with van der Waals surface area (Å²) in [7, 11) is 0. The number of hydrogen-bond acceptors (Lipinski definition) is 3. The molecule has 0 aliphatic heterocycles. The van der Waals surface area contributed by atoms with Gasteiger partial charge in [-0.15, -0.1) is 0 Å². The molecule has 0 fully saturated rings. The molecular formula is C19H33N3O2. The fourth-order valence-electron chi connectivity index (χ4n) is 2.95. The van der Waals surface area contributed by atoms with Crippen molar-refractivity contribution >= 4 is 17.4 Å². The molecule has 5 nitrogen and oxygen atoms in total. The van der Waals surface area contributed by atoms with E-state index in [0.717, 1.165) is 17.9 Å². The monoisotopic (exact) mass is 335 g/mol. The maximum absolute atomic E-state index is 12.0. The van der Waals surface area contributed by atoms with Crippen LogP contribution in [0.2, 0.25) is 0 Å². The fraction of sp³-hybridized carbons (Fsp3) is 0.632. The van der Waals surface area contributed by atoms with Crippen LogP contribution in [0.3, 0.4) is 0 Å². The van der Waals surface area contributed by atoms with Crippen molar-refractivity contribution in [2.24, 2.45) is 5.41 Å². The number of urea groups is 1. The van der Waals surface area contributed by atoms with E-state index < -0.39 is 0 Å². The Morgan fingerprint density at radius 2 is 1.79 bits per heavy atom. The van der Waals surface area contributed by atoms with Gasteiger partial charge >= 0.3 is 6.03 Å². The molecule has 0 aliphatic carbocycles. The molecule has 2 amide bonds. The molecule has 0 aromatic heterocycles. The number of amides is 2. The van der Waals surface area contributed by atoms with Crippen LogP contribution in [0.15, 0.2) is 24.3 Å². The maximum atomic E-state index is 12.0. The number of anilines is 2. The van der Waals surface area contributed by atoms with Gasteiger partial charge in [-0.3, -0.25) is 0 Å². The van der Waals surface area contributed by atoms with Gasteiger partial charge in [0.05, 0.1) is 6.10 Å². The Kier molecular flexibility index (Phi) is 7.55. The van der Waals surface area contributed by atoms with Gasteiger partial charge in [-0.25, -0.2) is 4.79 Å². The Morgan fingerprint density at radius 3 is 2.25 bits per heavy atom. The number of rotatable bonds is 8. The standard InChI is InChI=1S/C19H33N3O2/c1-7-22(14(2)3)17-10-8-16(9-11-17)21-18(24)20-13-19(5,6)12-15(4)23/h8-11,14-15,23H,7,12-13H2,1-6H3,(H2,20,21,24). The SMILES string of the molecule is CCN(c1ccc(NC(=O)NCC(C)(C)CC(C)O)cc1)C(C)C. The summed E-state index contributed by atoms with van der Waals surface area (Å²) in [5.41, 5.74) is 1.77. The topological polar surface area (TPSA) is 64.6 Å². The molecule has 0 bridgehead atoms. The highest BCUT2D eigenvalue weighted by Crippen LogP contribution is 2.22. The molecule has 0 aliphatic rings. The molecule has 1 atom stereocenters. The van der Waals surface area contributed by atoms with Crippen molar-refractivity contribution in [1.29, 1.82) is 0 Å². The van der Waals surface area contributed by atoms with Crippen LogP contribution >= 0.6 is 0 Å². The van der Waals surface area contributed by atoms with E-state index >= 15 is 0 Å². The smallest absolute Gasteiger partial charge is 0.319 e. The number of hydrogen-bond donors (Lipinski definition) is 3. The summed E-state index contributed by atoms with van der Waals surface area (Å²) >= 11 is 0. The first-order chi connectivity index (χ1) is 11.1. The van der Waals surface area contributed by atoms with Crippen molar-refractivity contribution in [2.45, 2.75) is 60.1 Å². The van der Waals surface area contributed by atoms with Crippen LogP contribution < -0.4 is 15.5 Å². The van der Waals surface area contributed by atoms with Crippen molar-refractivity contribution in [3.8, 4) is 0 Å². The predicted molar refractivity (Wildman–Crippen MR) is 102 cm³/mol. The van der Waals surface area contributed by atoms with Crippen LogP contribution in [0.5, 0.6) is 0 Å². The van der Waals surface area contributed by atoms with E-state index in [-0.39, 0.29) is 17.6 Å². The molecule has 0 saturated heterocycles. The third-order valence-corrected chi connectivity index (χ3v) is 4.00. The zero-order chi connectivity index (χ0) is 18.3. The number of carbonyl (C=O) groups is 1. The van der Waals surface area contributed by atoms with Crippen LogP contribution in [0, 0.1) is 5.41 Å². The molecule has 0 radical (unpaired) electrons. The highest BCUT2D eigenvalue weighted by molar-refractivity contribution is 5.89. The number of benzene rings is 1. The van der Waals surface area contributed by atoms with Gasteiger partial charge < -0.3 is 20.6 Å². The zero-order valence-corrected chi connectivity index (χ0v) is 15.9. The van der Waals surface area contributed by atoms with Crippen molar-refractivity contribution in [1.82, 2.24) is 5.32 Å². The second-order valence-corrected chi connectivity index (χ2v) is 7.45. The molecule has 5 heteroatoms. The van der Waals surface area contributed by atoms with Gasteiger partial charge in [-0.2, -0.15) is 0 Å². The third kappa shape index (κ3) is 6.79. The Balaban J connectivity index is 2.56. The molecule has 136 valence electrons. The molecule has 0 saturated carbocycles. The molecule has 1 aromatic rings. The third-order valence-electron chi connectivity index (χ3n) is 4.00. The van der Waals surface area contributed by atoms with Crippen molar-refractivity contribution < 1.29 is 9.90 Å². The summed E-state index contributed by atoms with van der Waals surface area (Å²) in [6.45, 7) is 13.7. The van der Waals surface area contributed by atoms with E-state index in [1.165, 1.54) is 0 Å². The van der Waals surface area contributed by atoms with Crippen molar-refractivity contribution in [3.63, 3.8) is 0 Å². The molecule has 0 spiro atoms. The van der Waals surface area contributed by atoms with Gasteiger partial charge in [0.15, 0.2) is 0 Å². The van der Waals surface area contributed by atoms with E-state index in [1.807, 2.05) is 38.1 Å². The summed E-state index contributed by atoms with van der Waals surface area (Å²) in [5, 5.41) is 15.2. The van der Waals surface area contributed by atoms with E-state index in [1.54, 1.807) is 6.92 Å². The second-order valence-electron chi connectivity index (χ2n) is 7.45. The normalized spacial score (nSPS) is 12.8. The lowest BCUT2D eigenvalue weighted by atomic mass is 9.87. The Labute approximate surface area is 146 Å². The number of aliphatic hydroxyl groups excluding tert-OH is 1. The largest absolute Gasteiger partial charge is 0.393 e. The van der Waals surface area contributed by atoms with E-state index in [0.29, 0.717) is 19.0 Å². The molecule has 1 rings (SSSR count). The van der Waals surface area contributed by atoms with E-state index in [2.05, 4.69) is 36.3 Å². The number of nitrogens with one attached hydrogen (secondary N) is 2. The maximum Gasteiger partial charge on any atom is 0.319 e. The fourth-order valence-corrected chi connectivity index (χ4v) is 2.95. The average Bonchev–Trinajstić information content (AvgIpc) is 2.46. The Hall–Kier alpha value is -1.75. The molecular weight excluding hydrogens is 302 g/mol. The second kappa shape index (κ2) is 8.92. The van der Waals surface area contributed by atoms with Gasteiger partial charge in [0.25, 0.3) is 0 Å². The zero-order valence-electron chi connectivity index (χ0n) is 15.9. The summed E-state index contributed by atoms with van der Waals surface area (Å²) < 4.78 is 0. The van der Waals surface area contributed by atoms with Crippen LogP contribution in [0.25, 0.3) is 0 Å². The first-order valence-corrected chi connectivity index (χ1v) is 8.74. The lowest BCUT2D eigenvalue weighted by Gasteiger charge is -2.28. The van der Waals surface area contributed by atoms with Gasteiger partial charge in [0.1, 0.15) is 0 Å². The van der Waals surface area contributed by atoms with Crippen LogP contribution in [0.4, 0.5) is 16.2 Å². The van der Waals surface area contributed by atoms with Crippen LogP contribution in [-0.4, -0.2) is 36.4 Å². The van der Waals surface area contributed by atoms with Crippen molar-refractivity contribution in [2.75, 3.05) is 23.3 Å². The lowest BCUT2D eigenvalue weighted by Crippen LogP contribution is -2.38. The molecule has 1 unspecified atom stereocenters. The van der Waals surface area contributed by atoms with Gasteiger partial charge in [-0.05, 0) is 63.8 Å². The summed E-state index contributed by atoms with van der Waals surface area (Å²) in [4.78, 5) is 14.3. The van der Waals surface area contributed by atoms with Gasteiger partial charge in [0, 0.05) is 30.5 Å². The highest BCUT2D eigenvalue weighted by Gasteiger charge is 2.21. The summed E-state index contributed by atoms with van der Waals surface area (Å²) in [6, 6.07) is 8.10. The van der Waals surface area contributed by atoms with Crippen LogP contribution in [0.1, 0.15) is 48.0 Å². The molecule has 24 heavy (non-hydrogen) atoms. The molecule has 3 N–H and O–H groups in total.